The van der Waals surface area contributed by atoms with Gasteiger partial charge in [-0.3, -0.25) is 4.90 Å². The lowest BCUT2D eigenvalue weighted by molar-refractivity contribution is -0.0147. The van der Waals surface area contributed by atoms with E-state index in [2.05, 4.69) is 25.8 Å². The molecule has 0 spiro atoms. The summed E-state index contributed by atoms with van der Waals surface area (Å²) in [7, 11) is 1.66. The molecule has 2 aromatic carbocycles. The molecule has 0 bridgehead atoms. The minimum Gasteiger partial charge on any atom is -0.497 e. The summed E-state index contributed by atoms with van der Waals surface area (Å²) in [4.78, 5) is 19.3. The van der Waals surface area contributed by atoms with Crippen molar-refractivity contribution < 1.29 is 14.3 Å². The van der Waals surface area contributed by atoms with E-state index in [0.717, 1.165) is 47.2 Å². The van der Waals surface area contributed by atoms with Crippen molar-refractivity contribution in [2.45, 2.75) is 58.6 Å². The van der Waals surface area contributed by atoms with E-state index in [0.29, 0.717) is 29.3 Å². The van der Waals surface area contributed by atoms with Crippen molar-refractivity contribution >= 4 is 28.6 Å². The summed E-state index contributed by atoms with van der Waals surface area (Å²) in [6.07, 6.45) is 3.75. The molecule has 2 heterocycles. The molecule has 5 nitrogen and oxygen atoms in total. The third kappa shape index (κ3) is 4.63. The summed E-state index contributed by atoms with van der Waals surface area (Å²) in [6.45, 7) is 7.34. The fourth-order valence-corrected chi connectivity index (χ4v) is 6.21. The van der Waals surface area contributed by atoms with Crippen molar-refractivity contribution in [3.05, 3.63) is 64.3 Å². The zero-order valence-corrected chi connectivity index (χ0v) is 21.8. The van der Waals surface area contributed by atoms with E-state index in [-0.39, 0.29) is 18.2 Å². The smallest absolute Gasteiger partial charge is 0.410 e. The third-order valence-electron chi connectivity index (χ3n) is 7.97. The quantitative estimate of drug-likeness (QED) is 0.411. The van der Waals surface area contributed by atoms with Crippen LogP contribution in [0.25, 0.3) is 10.9 Å². The molecule has 1 aliphatic heterocycles. The number of H-pyrrole nitrogens is 1. The van der Waals surface area contributed by atoms with E-state index in [1.807, 2.05) is 47.4 Å². The lowest BCUT2D eigenvalue weighted by Crippen LogP contribution is -2.44. The lowest BCUT2D eigenvalue weighted by atomic mass is 9.75. The van der Waals surface area contributed by atoms with Crippen LogP contribution in [0.3, 0.4) is 0 Å². The van der Waals surface area contributed by atoms with Gasteiger partial charge in [-0.05, 0) is 78.5 Å². The number of nitrogens with zero attached hydrogens (tertiary/aromatic N) is 1. The molecule has 3 aromatic rings. The minimum absolute atomic E-state index is 0.0364. The largest absolute Gasteiger partial charge is 0.497 e. The molecule has 5 rings (SSSR count). The molecular weight excluding hydrogens is 460 g/mol. The molecule has 35 heavy (non-hydrogen) atoms. The van der Waals surface area contributed by atoms with Crippen molar-refractivity contribution in [1.29, 1.82) is 0 Å². The van der Waals surface area contributed by atoms with Gasteiger partial charge in [-0.1, -0.05) is 50.9 Å². The molecule has 1 aliphatic carbocycles. The molecule has 6 heteroatoms. The van der Waals surface area contributed by atoms with E-state index in [4.69, 9.17) is 21.1 Å². The Labute approximate surface area is 212 Å². The first-order valence-electron chi connectivity index (χ1n) is 12.8. The summed E-state index contributed by atoms with van der Waals surface area (Å²) in [5, 5.41) is 1.84. The molecule has 1 unspecified atom stereocenters. The molecule has 1 saturated carbocycles. The van der Waals surface area contributed by atoms with Crippen molar-refractivity contribution in [2.24, 2.45) is 17.8 Å². The van der Waals surface area contributed by atoms with Crippen LogP contribution in [-0.4, -0.2) is 35.7 Å². The molecule has 1 N–H and O–H groups in total. The van der Waals surface area contributed by atoms with Gasteiger partial charge in [-0.2, -0.15) is 0 Å². The van der Waals surface area contributed by atoms with Gasteiger partial charge in [0.1, 0.15) is 17.9 Å². The highest BCUT2D eigenvalue weighted by Crippen LogP contribution is 2.41. The summed E-state index contributed by atoms with van der Waals surface area (Å²) < 4.78 is 11.7. The zero-order chi connectivity index (χ0) is 24.7. The summed E-state index contributed by atoms with van der Waals surface area (Å²) >= 11 is 6.33. The Hall–Kier alpha value is -2.66. The second-order valence-electron chi connectivity index (χ2n) is 10.6. The first-order chi connectivity index (χ1) is 16.9. The maximum Gasteiger partial charge on any atom is 0.410 e. The Bertz CT molecular complexity index is 1200. The molecule has 0 saturated heterocycles. The molecule has 1 aromatic heterocycles. The van der Waals surface area contributed by atoms with Crippen molar-refractivity contribution in [1.82, 2.24) is 9.88 Å². The highest BCUT2D eigenvalue weighted by molar-refractivity contribution is 6.31. The number of fused-ring (bicyclic) bond motifs is 3. The van der Waals surface area contributed by atoms with Crippen LogP contribution in [0.2, 0.25) is 5.02 Å². The van der Waals surface area contributed by atoms with Crippen LogP contribution >= 0.6 is 11.6 Å². The highest BCUT2D eigenvalue weighted by atomic mass is 35.5. The number of benzene rings is 2. The van der Waals surface area contributed by atoms with Crippen molar-refractivity contribution in [3.8, 4) is 5.75 Å². The van der Waals surface area contributed by atoms with Gasteiger partial charge < -0.3 is 14.5 Å². The molecular formula is C29H35ClN2O3. The van der Waals surface area contributed by atoms with Gasteiger partial charge in [0.05, 0.1) is 7.11 Å². The fourth-order valence-electron chi connectivity index (χ4n) is 6.04. The second-order valence-corrected chi connectivity index (χ2v) is 11.0. The first kappa shape index (κ1) is 24.1. The first-order valence-corrected chi connectivity index (χ1v) is 13.1. The minimum atomic E-state index is -0.262. The number of rotatable bonds is 4. The van der Waals surface area contributed by atoms with Crippen LogP contribution < -0.4 is 4.74 Å². The number of hydrogen-bond acceptors (Lipinski definition) is 3. The second kappa shape index (κ2) is 9.77. The molecule has 1 amide bonds. The average Bonchev–Trinajstić information content (AvgIpc) is 3.21. The maximum atomic E-state index is 13.8. The predicted molar refractivity (Wildman–Crippen MR) is 140 cm³/mol. The topological polar surface area (TPSA) is 54.6 Å². The Morgan fingerprint density at radius 2 is 1.91 bits per heavy atom. The van der Waals surface area contributed by atoms with E-state index in [1.165, 1.54) is 12.0 Å². The predicted octanol–water partition coefficient (Wildman–Crippen LogP) is 7.37. The average molecular weight is 495 g/mol. The molecule has 4 atom stereocenters. The highest BCUT2D eigenvalue weighted by Gasteiger charge is 2.39. The van der Waals surface area contributed by atoms with Gasteiger partial charge in [0, 0.05) is 28.2 Å². The van der Waals surface area contributed by atoms with Gasteiger partial charge in [-0.15, -0.1) is 0 Å². The zero-order valence-electron chi connectivity index (χ0n) is 21.0. The van der Waals surface area contributed by atoms with E-state index in [1.54, 1.807) is 7.11 Å². The van der Waals surface area contributed by atoms with Gasteiger partial charge in [0.2, 0.25) is 0 Å². The summed E-state index contributed by atoms with van der Waals surface area (Å²) in [5.41, 5.74) is 4.32. The normalized spacial score (nSPS) is 24.5. The number of nitrogens with one attached hydrogen (secondary N) is 1. The Morgan fingerprint density at radius 3 is 2.63 bits per heavy atom. The summed E-state index contributed by atoms with van der Waals surface area (Å²) in [5.74, 6) is 2.26. The fraction of sp³-hybridized carbons (Fsp3) is 0.483. The molecule has 2 aliphatic rings. The monoisotopic (exact) mass is 494 g/mol. The van der Waals surface area contributed by atoms with Crippen LogP contribution in [0.4, 0.5) is 4.79 Å². The number of aromatic amines is 1. The summed E-state index contributed by atoms with van der Waals surface area (Å²) in [6, 6.07) is 13.6. The number of carbonyl (C=O) groups is 1. The third-order valence-corrected chi connectivity index (χ3v) is 8.20. The van der Waals surface area contributed by atoms with Crippen molar-refractivity contribution in [2.75, 3.05) is 13.7 Å². The molecule has 0 radical (unpaired) electrons. The van der Waals surface area contributed by atoms with Crippen LogP contribution in [0.15, 0.2) is 42.5 Å². The number of amides is 1. The number of aromatic nitrogens is 1. The van der Waals surface area contributed by atoms with Gasteiger partial charge in [0.15, 0.2) is 0 Å². The number of methoxy groups -OCH3 is 1. The van der Waals surface area contributed by atoms with Gasteiger partial charge in [0.25, 0.3) is 0 Å². The Kier molecular flexibility index (Phi) is 6.71. The number of halogens is 1. The van der Waals surface area contributed by atoms with Crippen LogP contribution in [-0.2, 0) is 11.2 Å². The van der Waals surface area contributed by atoms with Gasteiger partial charge >= 0.3 is 6.09 Å². The number of ether oxygens (including phenoxy) is 2. The molecule has 1 fully saturated rings. The van der Waals surface area contributed by atoms with E-state index >= 15 is 0 Å². The maximum absolute atomic E-state index is 13.8. The van der Waals surface area contributed by atoms with Gasteiger partial charge in [-0.25, -0.2) is 4.79 Å². The SMILES string of the molecule is COc1ccc(C2c3[nH]c4ccc(Cl)cc4c3CCN2C(=O)O[C@H]2C[C@@H](C)CC[C@@H]2C(C)C)cc1. The van der Waals surface area contributed by atoms with E-state index < -0.39 is 0 Å². The number of hydrogen-bond donors (Lipinski definition) is 1. The van der Waals surface area contributed by atoms with Crippen LogP contribution in [0.5, 0.6) is 5.75 Å². The van der Waals surface area contributed by atoms with E-state index in [9.17, 15) is 4.79 Å². The Balaban J connectivity index is 1.52. The van der Waals surface area contributed by atoms with Crippen LogP contribution in [0, 0.1) is 17.8 Å². The molecule has 186 valence electrons. The lowest BCUT2D eigenvalue weighted by Gasteiger charge is -2.40. The van der Waals surface area contributed by atoms with Crippen LogP contribution in [0.1, 0.15) is 62.9 Å². The van der Waals surface area contributed by atoms with Crippen molar-refractivity contribution in [3.63, 3.8) is 0 Å². The number of carbonyl (C=O) groups excluding carboxylic acids is 1. The standard InChI is InChI=1S/C29H35ClN2O3/c1-17(2)22-11-5-18(3)15-26(22)35-29(33)32-14-13-23-24-16-20(30)8-12-25(24)31-27(23)28(32)19-6-9-21(34-4)10-7-19/h6-10,12,16-18,22,26,28,31H,5,11,13-15H2,1-4H3/t18-,22+,26-,28?/m0/s1. The Morgan fingerprint density at radius 1 is 1.14 bits per heavy atom.